The number of fused-ring (bicyclic) bond motifs is 1. The van der Waals surface area contributed by atoms with Crippen molar-refractivity contribution >= 4 is 40.4 Å². The van der Waals surface area contributed by atoms with Crippen LogP contribution in [0.2, 0.25) is 10.0 Å². The molecule has 2 heterocycles. The lowest BCUT2D eigenvalue weighted by molar-refractivity contribution is -0.140. The Morgan fingerprint density at radius 1 is 1.39 bits per heavy atom. The second-order valence-corrected chi connectivity index (χ2v) is 7.35. The Hall–Kier alpha value is -1.23. The van der Waals surface area contributed by atoms with Crippen LogP contribution in [-0.4, -0.2) is 23.5 Å². The van der Waals surface area contributed by atoms with E-state index in [1.54, 1.807) is 36.5 Å². The topological polar surface area (TPSA) is 29.5 Å². The minimum Gasteiger partial charge on any atom is -0.479 e. The van der Waals surface area contributed by atoms with Gasteiger partial charge in [-0.05, 0) is 49.4 Å². The van der Waals surface area contributed by atoms with Crippen molar-refractivity contribution in [3.63, 3.8) is 0 Å². The van der Waals surface area contributed by atoms with Crippen molar-refractivity contribution in [2.45, 2.75) is 32.4 Å². The zero-order valence-electron chi connectivity index (χ0n) is 12.9. The van der Waals surface area contributed by atoms with Gasteiger partial charge in [-0.25, -0.2) is 0 Å². The first-order valence-electron chi connectivity index (χ1n) is 7.46. The lowest BCUT2D eigenvalue weighted by Crippen LogP contribution is -2.44. The van der Waals surface area contributed by atoms with Crippen LogP contribution in [-0.2, 0) is 11.2 Å². The molecule has 0 radical (unpaired) electrons. The van der Waals surface area contributed by atoms with E-state index in [9.17, 15) is 4.79 Å². The lowest BCUT2D eigenvalue weighted by Gasteiger charge is -2.35. The van der Waals surface area contributed by atoms with Crippen LogP contribution in [0, 0.1) is 0 Å². The summed E-state index contributed by atoms with van der Waals surface area (Å²) in [5.41, 5.74) is 1.24. The number of hydrogen-bond donors (Lipinski definition) is 0. The van der Waals surface area contributed by atoms with E-state index in [0.29, 0.717) is 22.3 Å². The van der Waals surface area contributed by atoms with Crippen LogP contribution in [0.5, 0.6) is 5.75 Å². The third-order valence-corrected chi connectivity index (χ3v) is 5.93. The molecule has 6 heteroatoms. The fourth-order valence-electron chi connectivity index (χ4n) is 2.86. The maximum absolute atomic E-state index is 12.8. The van der Waals surface area contributed by atoms with Crippen molar-refractivity contribution in [3.05, 3.63) is 50.1 Å². The molecule has 1 aromatic carbocycles. The molecular weight excluding hydrogens is 353 g/mol. The Labute approximate surface area is 149 Å². The fraction of sp³-hybridized carbons (Fsp3) is 0.353. The Kier molecular flexibility index (Phi) is 4.85. The van der Waals surface area contributed by atoms with E-state index in [-0.39, 0.29) is 11.9 Å². The zero-order chi connectivity index (χ0) is 16.6. The number of carbonyl (C=O) groups excluding carboxylic acids is 1. The van der Waals surface area contributed by atoms with Gasteiger partial charge < -0.3 is 9.64 Å². The molecule has 23 heavy (non-hydrogen) atoms. The third kappa shape index (κ3) is 3.21. The smallest absolute Gasteiger partial charge is 0.263 e. The van der Waals surface area contributed by atoms with Crippen molar-refractivity contribution in [2.75, 3.05) is 6.54 Å². The van der Waals surface area contributed by atoms with Crippen LogP contribution < -0.4 is 4.74 Å². The summed E-state index contributed by atoms with van der Waals surface area (Å²) in [7, 11) is 0. The van der Waals surface area contributed by atoms with Gasteiger partial charge in [-0.1, -0.05) is 29.3 Å². The van der Waals surface area contributed by atoms with E-state index in [0.717, 1.165) is 6.42 Å². The predicted octanol–water partition coefficient (Wildman–Crippen LogP) is 4.97. The molecule has 2 atom stereocenters. The predicted molar refractivity (Wildman–Crippen MR) is 94.7 cm³/mol. The number of benzene rings is 1. The van der Waals surface area contributed by atoms with Gasteiger partial charge in [-0.15, -0.1) is 11.3 Å². The van der Waals surface area contributed by atoms with Gasteiger partial charge >= 0.3 is 0 Å². The molecule has 0 saturated heterocycles. The Balaban J connectivity index is 1.74. The molecular formula is C17H17Cl2NO2S. The van der Waals surface area contributed by atoms with E-state index in [2.05, 4.69) is 18.4 Å². The van der Waals surface area contributed by atoms with Crippen molar-refractivity contribution in [1.82, 2.24) is 4.90 Å². The summed E-state index contributed by atoms with van der Waals surface area (Å²) < 4.78 is 5.75. The molecule has 0 spiro atoms. The average molecular weight is 370 g/mol. The van der Waals surface area contributed by atoms with Gasteiger partial charge in [-0.3, -0.25) is 4.79 Å². The molecule has 122 valence electrons. The maximum atomic E-state index is 12.8. The average Bonchev–Trinajstić information content (AvgIpc) is 3.01. The lowest BCUT2D eigenvalue weighted by atomic mass is 10.0. The molecule has 0 aliphatic carbocycles. The highest BCUT2D eigenvalue weighted by molar-refractivity contribution is 7.10. The first-order valence-corrected chi connectivity index (χ1v) is 9.10. The summed E-state index contributed by atoms with van der Waals surface area (Å²) in [6, 6.07) is 7.33. The fourth-order valence-corrected chi connectivity index (χ4v) is 4.16. The van der Waals surface area contributed by atoms with Crippen LogP contribution in [0.3, 0.4) is 0 Å². The first-order chi connectivity index (χ1) is 11.0. The Morgan fingerprint density at radius 2 is 2.17 bits per heavy atom. The molecule has 1 aliphatic rings. The number of ether oxygens (including phenoxy) is 1. The van der Waals surface area contributed by atoms with Crippen LogP contribution in [0.15, 0.2) is 29.6 Å². The van der Waals surface area contributed by atoms with Gasteiger partial charge in [0.2, 0.25) is 0 Å². The SMILES string of the molecule is CC(Oc1cccc(Cl)c1Cl)C(=O)N1CCc2sccc2C1C. The highest BCUT2D eigenvalue weighted by Crippen LogP contribution is 2.35. The molecule has 0 saturated carbocycles. The highest BCUT2D eigenvalue weighted by Gasteiger charge is 2.31. The van der Waals surface area contributed by atoms with Gasteiger partial charge in [0.05, 0.1) is 11.1 Å². The second kappa shape index (κ2) is 6.71. The molecule has 1 amide bonds. The summed E-state index contributed by atoms with van der Waals surface area (Å²) in [4.78, 5) is 16.0. The van der Waals surface area contributed by atoms with E-state index in [1.165, 1.54) is 10.4 Å². The second-order valence-electron chi connectivity index (χ2n) is 5.57. The zero-order valence-corrected chi connectivity index (χ0v) is 15.2. The number of halogens is 2. The van der Waals surface area contributed by atoms with Crippen molar-refractivity contribution < 1.29 is 9.53 Å². The van der Waals surface area contributed by atoms with Crippen LogP contribution in [0.4, 0.5) is 0 Å². The van der Waals surface area contributed by atoms with Crippen LogP contribution in [0.25, 0.3) is 0 Å². The summed E-state index contributed by atoms with van der Waals surface area (Å²) in [6.45, 7) is 4.52. The third-order valence-electron chi connectivity index (χ3n) is 4.13. The molecule has 3 rings (SSSR count). The molecule has 2 aromatic rings. The molecule has 0 fully saturated rings. The maximum Gasteiger partial charge on any atom is 0.263 e. The van der Waals surface area contributed by atoms with Crippen molar-refractivity contribution in [1.29, 1.82) is 0 Å². The number of rotatable bonds is 3. The van der Waals surface area contributed by atoms with Crippen LogP contribution in [0.1, 0.15) is 30.3 Å². The first kappa shape index (κ1) is 16.6. The monoisotopic (exact) mass is 369 g/mol. The van der Waals surface area contributed by atoms with Gasteiger partial charge in [-0.2, -0.15) is 0 Å². The minimum atomic E-state index is -0.617. The Bertz CT molecular complexity index is 731. The summed E-state index contributed by atoms with van der Waals surface area (Å²) in [6.07, 6.45) is 0.280. The molecule has 1 aliphatic heterocycles. The summed E-state index contributed by atoms with van der Waals surface area (Å²) in [5, 5.41) is 2.83. The number of hydrogen-bond acceptors (Lipinski definition) is 3. The van der Waals surface area contributed by atoms with Crippen molar-refractivity contribution in [2.24, 2.45) is 0 Å². The number of amides is 1. The van der Waals surface area contributed by atoms with Gasteiger partial charge in [0, 0.05) is 11.4 Å². The normalized spacial score (nSPS) is 18.4. The summed E-state index contributed by atoms with van der Waals surface area (Å²) >= 11 is 13.9. The molecule has 0 bridgehead atoms. The quantitative estimate of drug-likeness (QED) is 0.764. The number of thiophene rings is 1. The van der Waals surface area contributed by atoms with Crippen LogP contribution >= 0.6 is 34.5 Å². The van der Waals surface area contributed by atoms with E-state index >= 15 is 0 Å². The molecule has 2 unspecified atom stereocenters. The number of nitrogens with zero attached hydrogens (tertiary/aromatic N) is 1. The Morgan fingerprint density at radius 3 is 2.96 bits per heavy atom. The number of carbonyl (C=O) groups is 1. The largest absolute Gasteiger partial charge is 0.479 e. The van der Waals surface area contributed by atoms with E-state index in [4.69, 9.17) is 27.9 Å². The molecule has 1 aromatic heterocycles. The van der Waals surface area contributed by atoms with E-state index < -0.39 is 6.10 Å². The van der Waals surface area contributed by atoms with E-state index in [1.807, 2.05) is 4.90 Å². The standard InChI is InChI=1S/C17H17Cl2NO2S/c1-10-12-7-9-23-15(12)6-8-20(10)17(21)11(2)22-14-5-3-4-13(18)16(14)19/h3-5,7,9-11H,6,8H2,1-2H3. The minimum absolute atomic E-state index is 0.0367. The van der Waals surface area contributed by atoms with Gasteiger partial charge in [0.25, 0.3) is 5.91 Å². The van der Waals surface area contributed by atoms with Gasteiger partial charge in [0.15, 0.2) is 6.10 Å². The molecule has 3 nitrogen and oxygen atoms in total. The van der Waals surface area contributed by atoms with Gasteiger partial charge in [0.1, 0.15) is 10.8 Å². The highest BCUT2D eigenvalue weighted by atomic mass is 35.5. The van der Waals surface area contributed by atoms with Crippen molar-refractivity contribution in [3.8, 4) is 5.75 Å². The molecule has 0 N–H and O–H groups in total. The summed E-state index contributed by atoms with van der Waals surface area (Å²) in [5.74, 6) is 0.395.